The average Bonchev–Trinajstić information content (AvgIpc) is 2.62. The van der Waals surface area contributed by atoms with E-state index >= 15 is 0 Å². The van der Waals surface area contributed by atoms with Crippen LogP contribution in [0.15, 0.2) is 24.3 Å². The zero-order valence-corrected chi connectivity index (χ0v) is 16.1. The van der Waals surface area contributed by atoms with E-state index in [2.05, 4.69) is 0 Å². The predicted molar refractivity (Wildman–Crippen MR) is 101 cm³/mol. The predicted octanol–water partition coefficient (Wildman–Crippen LogP) is 2.41. The molecule has 1 aromatic rings. The van der Waals surface area contributed by atoms with E-state index in [0.29, 0.717) is 32.6 Å². The van der Waals surface area contributed by atoms with Gasteiger partial charge < -0.3 is 14.5 Å². The molecule has 2 heterocycles. The highest BCUT2D eigenvalue weighted by atomic mass is 16.5. The molecule has 0 unspecified atom stereocenters. The fourth-order valence-corrected chi connectivity index (χ4v) is 3.98. The summed E-state index contributed by atoms with van der Waals surface area (Å²) >= 11 is 0. The minimum Gasteiger partial charge on any atom is -0.372 e. The van der Waals surface area contributed by atoms with Crippen LogP contribution in [0.2, 0.25) is 0 Å². The molecule has 3 rings (SSSR count). The Hall–Kier alpha value is -1.88. The van der Waals surface area contributed by atoms with E-state index in [4.69, 9.17) is 4.74 Å². The largest absolute Gasteiger partial charge is 0.372 e. The molecule has 0 spiro atoms. The van der Waals surface area contributed by atoms with Crippen LogP contribution in [0, 0.1) is 12.8 Å². The lowest BCUT2D eigenvalue weighted by Gasteiger charge is -2.39. The van der Waals surface area contributed by atoms with Crippen LogP contribution in [0.3, 0.4) is 0 Å². The van der Waals surface area contributed by atoms with Crippen molar-refractivity contribution in [3.05, 3.63) is 35.4 Å². The second-order valence-electron chi connectivity index (χ2n) is 7.82. The molecule has 2 fully saturated rings. The molecule has 0 saturated carbocycles. The molecule has 1 aromatic carbocycles. The van der Waals surface area contributed by atoms with Crippen LogP contribution >= 0.6 is 0 Å². The Morgan fingerprint density at radius 2 is 1.58 bits per heavy atom. The van der Waals surface area contributed by atoms with Gasteiger partial charge in [0.2, 0.25) is 11.8 Å². The van der Waals surface area contributed by atoms with Gasteiger partial charge in [0, 0.05) is 32.1 Å². The third-order valence-corrected chi connectivity index (χ3v) is 5.40. The van der Waals surface area contributed by atoms with E-state index < -0.39 is 0 Å². The van der Waals surface area contributed by atoms with Crippen LogP contribution in [-0.2, 0) is 20.7 Å². The van der Waals surface area contributed by atoms with Gasteiger partial charge in [0.15, 0.2) is 0 Å². The minimum absolute atomic E-state index is 0.0379. The van der Waals surface area contributed by atoms with E-state index in [1.54, 1.807) is 0 Å². The zero-order valence-electron chi connectivity index (χ0n) is 16.1. The van der Waals surface area contributed by atoms with E-state index in [1.165, 1.54) is 5.56 Å². The number of nitrogens with zero attached hydrogens (tertiary/aromatic N) is 2. The molecule has 0 N–H and O–H groups in total. The molecule has 26 heavy (non-hydrogen) atoms. The van der Waals surface area contributed by atoms with E-state index in [1.807, 2.05) is 54.8 Å². The first-order valence-electron chi connectivity index (χ1n) is 9.70. The molecule has 142 valence electrons. The molecule has 0 bridgehead atoms. The van der Waals surface area contributed by atoms with Crippen molar-refractivity contribution in [3.8, 4) is 0 Å². The Balaban J connectivity index is 1.49. The van der Waals surface area contributed by atoms with Crippen molar-refractivity contribution in [1.29, 1.82) is 0 Å². The van der Waals surface area contributed by atoms with Crippen molar-refractivity contribution < 1.29 is 14.3 Å². The van der Waals surface area contributed by atoms with E-state index in [0.717, 1.165) is 18.4 Å². The van der Waals surface area contributed by atoms with Crippen LogP contribution in [0.1, 0.15) is 37.8 Å². The SMILES string of the molecule is Cc1ccc(CC(=O)N2CCC(C(=O)N3C[C@@H](C)O[C@@H](C)C3)CC2)cc1. The van der Waals surface area contributed by atoms with Crippen molar-refractivity contribution >= 4 is 11.8 Å². The summed E-state index contributed by atoms with van der Waals surface area (Å²) in [5.41, 5.74) is 2.25. The zero-order chi connectivity index (χ0) is 18.7. The number of piperidine rings is 1. The number of likely N-dealkylation sites (tertiary alicyclic amines) is 1. The quantitative estimate of drug-likeness (QED) is 0.834. The van der Waals surface area contributed by atoms with Crippen molar-refractivity contribution in [3.63, 3.8) is 0 Å². The maximum absolute atomic E-state index is 12.8. The van der Waals surface area contributed by atoms with Crippen LogP contribution in [-0.4, -0.2) is 60.0 Å². The smallest absolute Gasteiger partial charge is 0.226 e. The minimum atomic E-state index is 0.0379. The lowest BCUT2D eigenvalue weighted by atomic mass is 9.94. The van der Waals surface area contributed by atoms with Gasteiger partial charge in [-0.05, 0) is 39.2 Å². The first-order chi connectivity index (χ1) is 12.4. The van der Waals surface area contributed by atoms with Gasteiger partial charge in [0.1, 0.15) is 0 Å². The molecule has 2 saturated heterocycles. The summed E-state index contributed by atoms with van der Waals surface area (Å²) in [6.07, 6.45) is 2.16. The Kier molecular flexibility index (Phi) is 5.97. The Labute approximate surface area is 156 Å². The molecule has 5 heteroatoms. The highest BCUT2D eigenvalue weighted by Crippen LogP contribution is 2.23. The summed E-state index contributed by atoms with van der Waals surface area (Å²) in [5, 5.41) is 0. The van der Waals surface area contributed by atoms with Gasteiger partial charge in [-0.1, -0.05) is 29.8 Å². The second kappa shape index (κ2) is 8.21. The molecule has 2 atom stereocenters. The molecular weight excluding hydrogens is 328 g/mol. The summed E-state index contributed by atoms with van der Waals surface area (Å²) in [6, 6.07) is 8.12. The monoisotopic (exact) mass is 358 g/mol. The molecule has 0 radical (unpaired) electrons. The Bertz CT molecular complexity index is 625. The van der Waals surface area contributed by atoms with Gasteiger partial charge in [-0.2, -0.15) is 0 Å². The standard InChI is InChI=1S/C21H30N2O3/c1-15-4-6-18(7-5-15)12-20(24)22-10-8-19(9-11-22)21(25)23-13-16(2)26-17(3)14-23/h4-7,16-17,19H,8-14H2,1-3H3/t16-,17+. The summed E-state index contributed by atoms with van der Waals surface area (Å²) in [6.45, 7) is 8.78. The van der Waals surface area contributed by atoms with Crippen molar-refractivity contribution in [1.82, 2.24) is 9.80 Å². The normalized spacial score (nSPS) is 24.6. The van der Waals surface area contributed by atoms with Crippen molar-refractivity contribution in [2.24, 2.45) is 5.92 Å². The molecule has 2 amide bonds. The number of ether oxygens (including phenoxy) is 1. The average molecular weight is 358 g/mol. The molecular formula is C21H30N2O3. The number of rotatable bonds is 3. The fourth-order valence-electron chi connectivity index (χ4n) is 3.98. The second-order valence-corrected chi connectivity index (χ2v) is 7.82. The van der Waals surface area contributed by atoms with Gasteiger partial charge in [-0.25, -0.2) is 0 Å². The maximum atomic E-state index is 12.8. The van der Waals surface area contributed by atoms with Gasteiger partial charge in [0.25, 0.3) is 0 Å². The first-order valence-corrected chi connectivity index (χ1v) is 9.70. The summed E-state index contributed by atoms with van der Waals surface area (Å²) in [7, 11) is 0. The number of hydrogen-bond donors (Lipinski definition) is 0. The number of hydrogen-bond acceptors (Lipinski definition) is 3. The topological polar surface area (TPSA) is 49.9 Å². The van der Waals surface area contributed by atoms with Crippen molar-refractivity contribution in [2.75, 3.05) is 26.2 Å². The fraction of sp³-hybridized carbons (Fsp3) is 0.619. The molecule has 2 aliphatic heterocycles. The van der Waals surface area contributed by atoms with E-state index in [-0.39, 0.29) is 29.9 Å². The van der Waals surface area contributed by atoms with Crippen molar-refractivity contribution in [2.45, 2.75) is 52.2 Å². The highest BCUT2D eigenvalue weighted by Gasteiger charge is 2.33. The van der Waals surface area contributed by atoms with Gasteiger partial charge in [0.05, 0.1) is 18.6 Å². The maximum Gasteiger partial charge on any atom is 0.226 e. The summed E-state index contributed by atoms with van der Waals surface area (Å²) in [4.78, 5) is 29.2. The number of carbonyl (C=O) groups is 2. The summed E-state index contributed by atoms with van der Waals surface area (Å²) < 4.78 is 5.72. The number of benzene rings is 1. The molecule has 5 nitrogen and oxygen atoms in total. The number of morpholine rings is 1. The number of aryl methyl sites for hydroxylation is 1. The van der Waals surface area contributed by atoms with E-state index in [9.17, 15) is 9.59 Å². The first kappa shape index (κ1) is 18.9. The lowest BCUT2D eigenvalue weighted by molar-refractivity contribution is -0.150. The Morgan fingerprint density at radius 3 is 2.15 bits per heavy atom. The number of amides is 2. The Morgan fingerprint density at radius 1 is 1.00 bits per heavy atom. The molecule has 2 aliphatic rings. The van der Waals surface area contributed by atoms with Crippen LogP contribution in [0.5, 0.6) is 0 Å². The van der Waals surface area contributed by atoms with Gasteiger partial charge in [-0.3, -0.25) is 9.59 Å². The van der Waals surface area contributed by atoms with Gasteiger partial charge >= 0.3 is 0 Å². The number of carbonyl (C=O) groups excluding carboxylic acids is 2. The van der Waals surface area contributed by atoms with Crippen LogP contribution in [0.4, 0.5) is 0 Å². The molecule has 0 aromatic heterocycles. The summed E-state index contributed by atoms with van der Waals surface area (Å²) in [5.74, 6) is 0.432. The molecule has 0 aliphatic carbocycles. The third kappa shape index (κ3) is 4.64. The highest BCUT2D eigenvalue weighted by molar-refractivity contribution is 5.81. The lowest BCUT2D eigenvalue weighted by Crippen LogP contribution is -2.51. The van der Waals surface area contributed by atoms with Crippen LogP contribution < -0.4 is 0 Å². The third-order valence-electron chi connectivity index (χ3n) is 5.40. The van der Waals surface area contributed by atoms with Gasteiger partial charge in [-0.15, -0.1) is 0 Å². The van der Waals surface area contributed by atoms with Crippen LogP contribution in [0.25, 0.3) is 0 Å².